The highest BCUT2D eigenvalue weighted by atomic mass is 16.7. The fourth-order valence-electron chi connectivity index (χ4n) is 4.56. The van der Waals surface area contributed by atoms with Gasteiger partial charge in [-0.05, 0) is 118 Å². The Bertz CT molecular complexity index is 1540. The Balaban J connectivity index is 1.27. The summed E-state index contributed by atoms with van der Waals surface area (Å²) >= 11 is 0. The summed E-state index contributed by atoms with van der Waals surface area (Å²) in [5.41, 5.74) is 2.23. The Morgan fingerprint density at radius 2 is 1.16 bits per heavy atom. The normalized spacial score (nSPS) is 10.7. The molecule has 0 aliphatic carbocycles. The first kappa shape index (κ1) is 40.1. The van der Waals surface area contributed by atoms with Crippen LogP contribution in [-0.4, -0.2) is 57.7 Å². The fraction of sp³-hybridized carbons (Fsp3) is 0.341. The van der Waals surface area contributed by atoms with Crippen molar-refractivity contribution in [3.8, 4) is 23.0 Å². The van der Waals surface area contributed by atoms with Gasteiger partial charge in [0.1, 0.15) is 23.0 Å². The molecule has 0 aromatic heterocycles. The van der Waals surface area contributed by atoms with Gasteiger partial charge in [0, 0.05) is 12.2 Å². The van der Waals surface area contributed by atoms with Gasteiger partial charge in [0.25, 0.3) is 0 Å². The van der Waals surface area contributed by atoms with Crippen molar-refractivity contribution in [3.63, 3.8) is 0 Å². The topological polar surface area (TPSA) is 116 Å². The van der Waals surface area contributed by atoms with Crippen LogP contribution in [0.2, 0.25) is 0 Å². The van der Waals surface area contributed by atoms with Gasteiger partial charge in [-0.2, -0.15) is 0 Å². The molecule has 10 nitrogen and oxygen atoms in total. The van der Waals surface area contributed by atoms with Crippen molar-refractivity contribution < 1.29 is 47.5 Å². The van der Waals surface area contributed by atoms with Crippen molar-refractivity contribution in [2.75, 3.05) is 39.8 Å². The Morgan fingerprint density at radius 1 is 0.627 bits per heavy atom. The van der Waals surface area contributed by atoms with Crippen LogP contribution in [0.15, 0.2) is 98.1 Å². The van der Waals surface area contributed by atoms with Crippen molar-refractivity contribution in [2.24, 2.45) is 0 Å². The summed E-state index contributed by atoms with van der Waals surface area (Å²) in [5, 5.41) is 0. The molecule has 0 heterocycles. The Labute approximate surface area is 300 Å². The van der Waals surface area contributed by atoms with Gasteiger partial charge in [-0.25, -0.2) is 14.4 Å². The third-order valence-electron chi connectivity index (χ3n) is 7.34. The molecule has 0 amide bonds. The van der Waals surface area contributed by atoms with Gasteiger partial charge >= 0.3 is 17.9 Å². The summed E-state index contributed by atoms with van der Waals surface area (Å²) < 4.78 is 38.3. The van der Waals surface area contributed by atoms with E-state index in [9.17, 15) is 14.4 Å². The lowest BCUT2D eigenvalue weighted by Crippen LogP contribution is -2.09. The number of esters is 3. The molecule has 0 fully saturated rings. The lowest BCUT2D eigenvalue weighted by molar-refractivity contribution is -0.138. The van der Waals surface area contributed by atoms with E-state index in [4.69, 9.17) is 33.2 Å². The first-order valence-electron chi connectivity index (χ1n) is 17.1. The number of ether oxygens (including phenoxy) is 7. The second-order valence-corrected chi connectivity index (χ2v) is 11.4. The van der Waals surface area contributed by atoms with Crippen LogP contribution >= 0.6 is 0 Å². The van der Waals surface area contributed by atoms with Crippen LogP contribution in [0.1, 0.15) is 66.4 Å². The second-order valence-electron chi connectivity index (χ2n) is 11.4. The van der Waals surface area contributed by atoms with Crippen molar-refractivity contribution in [3.05, 3.63) is 115 Å². The predicted molar refractivity (Wildman–Crippen MR) is 195 cm³/mol. The molecule has 0 atom stereocenters. The summed E-state index contributed by atoms with van der Waals surface area (Å²) in [6.07, 6.45) is 12.3. The highest BCUT2D eigenvalue weighted by molar-refractivity contribution is 5.91. The molecule has 0 aliphatic heterocycles. The predicted octanol–water partition coefficient (Wildman–Crippen LogP) is 8.23. The molecule has 0 saturated carbocycles. The molecule has 3 rings (SSSR count). The number of carbonyl (C=O) groups excluding carboxylic acids is 3. The lowest BCUT2D eigenvalue weighted by Gasteiger charge is -2.11. The minimum absolute atomic E-state index is 0.0649. The van der Waals surface area contributed by atoms with E-state index < -0.39 is 17.9 Å². The maximum atomic E-state index is 12.7. The molecule has 272 valence electrons. The first-order chi connectivity index (χ1) is 24.9. The van der Waals surface area contributed by atoms with Crippen molar-refractivity contribution >= 4 is 24.0 Å². The Morgan fingerprint density at radius 3 is 1.73 bits per heavy atom. The van der Waals surface area contributed by atoms with Crippen LogP contribution in [0.4, 0.5) is 0 Å². The highest BCUT2D eigenvalue weighted by Gasteiger charge is 2.11. The zero-order valence-electron chi connectivity index (χ0n) is 29.3. The minimum Gasteiger partial charge on any atom is -0.494 e. The van der Waals surface area contributed by atoms with E-state index in [1.807, 2.05) is 43.3 Å². The van der Waals surface area contributed by atoms with E-state index in [1.165, 1.54) is 6.08 Å². The maximum absolute atomic E-state index is 12.7. The van der Waals surface area contributed by atoms with Gasteiger partial charge in [-0.15, -0.1) is 0 Å². The number of benzene rings is 3. The van der Waals surface area contributed by atoms with Crippen LogP contribution in [0, 0.1) is 6.92 Å². The zero-order chi connectivity index (χ0) is 36.5. The van der Waals surface area contributed by atoms with Gasteiger partial charge in [0.05, 0.1) is 38.6 Å². The maximum Gasteiger partial charge on any atom is 0.343 e. The smallest absolute Gasteiger partial charge is 0.343 e. The number of aryl methyl sites for hydroxylation is 1. The number of hydrogen-bond donors (Lipinski definition) is 0. The first-order valence-corrected chi connectivity index (χ1v) is 17.1. The van der Waals surface area contributed by atoms with E-state index in [-0.39, 0.29) is 6.79 Å². The van der Waals surface area contributed by atoms with Gasteiger partial charge < -0.3 is 33.2 Å². The second kappa shape index (κ2) is 23.9. The Kier molecular flexibility index (Phi) is 18.8. The van der Waals surface area contributed by atoms with E-state index >= 15 is 0 Å². The van der Waals surface area contributed by atoms with Gasteiger partial charge in [0.15, 0.2) is 6.79 Å². The molecular formula is C41H48O10. The molecule has 0 saturated heterocycles. The standard InChI is InChI=1S/C41H48O10/c1-4-39(42)48-28-10-7-6-9-26-47-36-21-17-34(18-22-36)41(44)51-37-23-24-38(32(3)30-37)50-31-45-25-13-14-33-15-19-35(20-16-33)46-27-11-8-12-29-49-40(43)5-2/h4-5,13-24,30H,1-2,6-12,25-29,31H2,3H3/b14-13+. The van der Waals surface area contributed by atoms with Crippen LogP contribution in [0.5, 0.6) is 23.0 Å². The number of carbonyl (C=O) groups is 3. The quantitative estimate of drug-likeness (QED) is 0.0281. The van der Waals surface area contributed by atoms with Crippen LogP contribution in [0.25, 0.3) is 6.08 Å². The molecule has 3 aromatic carbocycles. The average molecular weight is 701 g/mol. The number of unbranched alkanes of at least 4 members (excludes halogenated alkanes) is 5. The monoisotopic (exact) mass is 700 g/mol. The molecule has 0 N–H and O–H groups in total. The molecule has 0 radical (unpaired) electrons. The largest absolute Gasteiger partial charge is 0.494 e. The minimum atomic E-state index is -0.471. The summed E-state index contributed by atoms with van der Waals surface area (Å²) in [7, 11) is 0. The molecule has 10 heteroatoms. The van der Waals surface area contributed by atoms with E-state index in [1.54, 1.807) is 42.5 Å². The summed E-state index contributed by atoms with van der Waals surface area (Å²) in [4.78, 5) is 34.7. The summed E-state index contributed by atoms with van der Waals surface area (Å²) in [5.74, 6) is 1.25. The fourth-order valence-corrected chi connectivity index (χ4v) is 4.56. The molecule has 0 aliphatic rings. The van der Waals surface area contributed by atoms with Gasteiger partial charge in [-0.1, -0.05) is 37.4 Å². The highest BCUT2D eigenvalue weighted by Crippen LogP contribution is 2.25. The van der Waals surface area contributed by atoms with Crippen molar-refractivity contribution in [1.29, 1.82) is 0 Å². The zero-order valence-corrected chi connectivity index (χ0v) is 29.3. The summed E-state index contributed by atoms with van der Waals surface area (Å²) in [6.45, 7) is 11.0. The van der Waals surface area contributed by atoms with Crippen LogP contribution in [-0.2, 0) is 23.8 Å². The number of hydrogen-bond acceptors (Lipinski definition) is 10. The number of rotatable bonds is 25. The molecule has 3 aromatic rings. The van der Waals surface area contributed by atoms with Crippen molar-refractivity contribution in [2.45, 2.75) is 51.9 Å². The molecular weight excluding hydrogens is 652 g/mol. The van der Waals surface area contributed by atoms with E-state index in [0.717, 1.165) is 67.9 Å². The molecule has 0 spiro atoms. The Hall–Kier alpha value is -5.35. The van der Waals surface area contributed by atoms with Crippen LogP contribution in [0.3, 0.4) is 0 Å². The third-order valence-corrected chi connectivity index (χ3v) is 7.34. The van der Waals surface area contributed by atoms with E-state index in [2.05, 4.69) is 13.2 Å². The third kappa shape index (κ3) is 16.7. The van der Waals surface area contributed by atoms with Gasteiger partial charge in [0.2, 0.25) is 0 Å². The SMILES string of the molecule is C=CC(=O)OCCCCCCOc1ccc(C(=O)Oc2ccc(OCOC/C=C/c3ccc(OCCCCCOC(=O)C=C)cc3)c(C)c2)cc1. The molecule has 51 heavy (non-hydrogen) atoms. The van der Waals surface area contributed by atoms with E-state index in [0.29, 0.717) is 55.8 Å². The summed E-state index contributed by atoms with van der Waals surface area (Å²) in [6, 6.07) is 19.8. The lowest BCUT2D eigenvalue weighted by atomic mass is 10.2. The molecule has 0 bridgehead atoms. The van der Waals surface area contributed by atoms with Gasteiger partial charge in [-0.3, -0.25) is 0 Å². The van der Waals surface area contributed by atoms with Crippen LogP contribution < -0.4 is 18.9 Å². The molecule has 0 unspecified atom stereocenters. The van der Waals surface area contributed by atoms with Crippen molar-refractivity contribution in [1.82, 2.24) is 0 Å². The average Bonchev–Trinajstić information content (AvgIpc) is 3.14.